The van der Waals surface area contributed by atoms with Crippen molar-refractivity contribution in [2.75, 3.05) is 17.3 Å². The number of hydrogen-bond donors (Lipinski definition) is 3. The summed E-state index contributed by atoms with van der Waals surface area (Å²) in [5, 5.41) is 21.4. The number of nitrogens with zero attached hydrogens (tertiary/aromatic N) is 1. The molecule has 1 atom stereocenters. The number of benzene rings is 3. The van der Waals surface area contributed by atoms with E-state index in [0.29, 0.717) is 28.5 Å². The number of methoxy groups -OCH3 is 1. The van der Waals surface area contributed by atoms with Gasteiger partial charge in [-0.05, 0) is 78.9 Å². The second-order valence-corrected chi connectivity index (χ2v) is 9.90. The van der Waals surface area contributed by atoms with Crippen LogP contribution in [0.1, 0.15) is 56.7 Å². The maximum atomic E-state index is 13.0. The lowest BCUT2D eigenvalue weighted by Gasteiger charge is -2.31. The van der Waals surface area contributed by atoms with Gasteiger partial charge in [-0.3, -0.25) is 20.5 Å². The minimum absolute atomic E-state index is 0.135. The van der Waals surface area contributed by atoms with Crippen LogP contribution in [-0.2, 0) is 11.2 Å². The first-order chi connectivity index (χ1) is 18.7. The number of halogens is 1. The number of carbonyl (C=O) groups excluding carboxylic acids is 1. The highest BCUT2D eigenvalue weighted by atomic mass is 35.5. The van der Waals surface area contributed by atoms with Crippen molar-refractivity contribution < 1.29 is 9.53 Å². The van der Waals surface area contributed by atoms with E-state index < -0.39 is 0 Å². The largest absolute Gasteiger partial charge is 0.497 e. The van der Waals surface area contributed by atoms with E-state index in [2.05, 4.69) is 18.8 Å². The topological polar surface area (TPSA) is 89.3 Å². The van der Waals surface area contributed by atoms with Crippen LogP contribution in [0.2, 0.25) is 5.02 Å². The van der Waals surface area contributed by atoms with Crippen molar-refractivity contribution in [3.8, 4) is 5.75 Å². The molecule has 7 heteroatoms. The molecule has 0 radical (unpaired) electrons. The van der Waals surface area contributed by atoms with Crippen molar-refractivity contribution in [1.82, 2.24) is 0 Å². The molecule has 0 saturated heterocycles. The molecule has 1 unspecified atom stereocenters. The smallest absolute Gasteiger partial charge is 0.225 e. The number of aryl methyl sites for hydroxylation is 1. The second-order valence-electron chi connectivity index (χ2n) is 9.46. The highest BCUT2D eigenvalue weighted by molar-refractivity contribution is 6.30. The van der Waals surface area contributed by atoms with Crippen molar-refractivity contribution >= 4 is 46.1 Å². The number of amidine groups is 2. The minimum atomic E-state index is -0.385. The molecule has 0 aliphatic rings. The Labute approximate surface area is 236 Å². The van der Waals surface area contributed by atoms with Gasteiger partial charge in [0, 0.05) is 28.6 Å². The zero-order valence-electron chi connectivity index (χ0n) is 23.1. The summed E-state index contributed by atoms with van der Waals surface area (Å²) in [6.07, 6.45) is 2.49. The summed E-state index contributed by atoms with van der Waals surface area (Å²) in [7, 11) is 1.59. The molecule has 0 heterocycles. The van der Waals surface area contributed by atoms with Crippen LogP contribution in [-0.4, -0.2) is 24.7 Å². The van der Waals surface area contributed by atoms with E-state index in [9.17, 15) is 10.2 Å². The second kappa shape index (κ2) is 13.8. The van der Waals surface area contributed by atoms with Gasteiger partial charge in [-0.15, -0.1) is 0 Å². The molecular weight excluding hydrogens is 508 g/mol. The average Bonchev–Trinajstić information content (AvgIpc) is 2.93. The van der Waals surface area contributed by atoms with E-state index in [1.54, 1.807) is 37.1 Å². The van der Waals surface area contributed by atoms with Gasteiger partial charge >= 0.3 is 0 Å². The molecule has 0 aliphatic carbocycles. The Bertz CT molecular complexity index is 1330. The van der Waals surface area contributed by atoms with Crippen molar-refractivity contribution in [2.45, 2.75) is 46.5 Å². The third-order valence-corrected chi connectivity index (χ3v) is 6.89. The molecule has 204 valence electrons. The number of carbonyl (C=O) groups is 1. The predicted molar refractivity (Wildman–Crippen MR) is 164 cm³/mol. The van der Waals surface area contributed by atoms with Crippen LogP contribution in [0.3, 0.4) is 0 Å². The Morgan fingerprint density at radius 2 is 1.72 bits per heavy atom. The lowest BCUT2D eigenvalue weighted by Crippen LogP contribution is -2.40. The first kappa shape index (κ1) is 29.7. The van der Waals surface area contributed by atoms with Crippen LogP contribution < -0.4 is 15.0 Å². The normalized spacial score (nSPS) is 11.4. The number of hydrogen-bond acceptors (Lipinski definition) is 4. The van der Waals surface area contributed by atoms with E-state index in [4.69, 9.17) is 21.7 Å². The maximum absolute atomic E-state index is 13.0. The Morgan fingerprint density at radius 1 is 1.05 bits per heavy atom. The molecule has 0 fully saturated rings. The van der Waals surface area contributed by atoms with E-state index in [-0.39, 0.29) is 29.9 Å². The number of amides is 1. The molecule has 0 spiro atoms. The van der Waals surface area contributed by atoms with Crippen LogP contribution in [0.5, 0.6) is 5.75 Å². The fourth-order valence-electron chi connectivity index (χ4n) is 4.50. The molecule has 3 aromatic rings. The van der Waals surface area contributed by atoms with Gasteiger partial charge in [0.2, 0.25) is 5.91 Å². The summed E-state index contributed by atoms with van der Waals surface area (Å²) in [6.45, 7) is 10.1. The molecular formula is C32H37ClN4O2. The van der Waals surface area contributed by atoms with Gasteiger partial charge in [0.05, 0.1) is 12.8 Å². The van der Waals surface area contributed by atoms with Crippen molar-refractivity contribution in [2.24, 2.45) is 5.92 Å². The molecule has 1 amide bonds. The van der Waals surface area contributed by atoms with Gasteiger partial charge in [-0.1, -0.05) is 62.7 Å². The fourth-order valence-corrected chi connectivity index (χ4v) is 4.63. The minimum Gasteiger partial charge on any atom is -0.497 e. The monoisotopic (exact) mass is 544 g/mol. The molecule has 3 aromatic carbocycles. The number of ether oxygens (including phenoxy) is 1. The molecule has 0 bridgehead atoms. The SMILES string of the molecule is C=C(c1ccc(Cl)cc1)c1cc(OC)ccc1N(C(C)=N)C(=N)C(CCC)CC(=O)Nc1ccc(CC)cc1. The summed E-state index contributed by atoms with van der Waals surface area (Å²) >= 11 is 6.10. The third-order valence-electron chi connectivity index (χ3n) is 6.64. The zero-order valence-corrected chi connectivity index (χ0v) is 23.9. The van der Waals surface area contributed by atoms with Gasteiger partial charge in [-0.25, -0.2) is 0 Å². The quantitative estimate of drug-likeness (QED) is 0.168. The van der Waals surface area contributed by atoms with E-state index in [0.717, 1.165) is 29.7 Å². The van der Waals surface area contributed by atoms with Crippen molar-refractivity contribution in [3.63, 3.8) is 0 Å². The Kier molecular flexibility index (Phi) is 10.5. The van der Waals surface area contributed by atoms with Crippen molar-refractivity contribution in [1.29, 1.82) is 10.8 Å². The Morgan fingerprint density at radius 3 is 2.28 bits per heavy atom. The van der Waals surface area contributed by atoms with Gasteiger partial charge in [0.25, 0.3) is 0 Å². The number of nitrogens with one attached hydrogen (secondary N) is 3. The lowest BCUT2D eigenvalue weighted by molar-refractivity contribution is -0.116. The summed E-state index contributed by atoms with van der Waals surface area (Å²) in [5.74, 6) is 0.453. The first-order valence-corrected chi connectivity index (χ1v) is 13.5. The van der Waals surface area contributed by atoms with Crippen LogP contribution in [0.25, 0.3) is 5.57 Å². The van der Waals surface area contributed by atoms with Crippen LogP contribution in [0.4, 0.5) is 11.4 Å². The van der Waals surface area contributed by atoms with E-state index in [1.807, 2.05) is 55.5 Å². The predicted octanol–water partition coefficient (Wildman–Crippen LogP) is 8.20. The standard InChI is InChI=1S/C32H37ClN4O2/c1-6-8-25(19-31(38)36-27-15-9-23(7-2)10-16-27)32(35)37(22(4)34)30-18-17-28(39-5)20-29(30)21(3)24-11-13-26(33)14-12-24/h9-18,20,25,34-35H,3,6-8,19H2,1-2,4-5H3,(H,36,38). The summed E-state index contributed by atoms with van der Waals surface area (Å²) in [5.41, 5.74) is 4.86. The lowest BCUT2D eigenvalue weighted by atomic mass is 9.94. The molecule has 6 nitrogen and oxygen atoms in total. The van der Waals surface area contributed by atoms with Crippen LogP contribution >= 0.6 is 11.6 Å². The van der Waals surface area contributed by atoms with Crippen LogP contribution in [0, 0.1) is 16.7 Å². The number of anilines is 2. The molecule has 0 saturated carbocycles. The molecule has 3 N–H and O–H groups in total. The van der Waals surface area contributed by atoms with Gasteiger partial charge < -0.3 is 10.1 Å². The van der Waals surface area contributed by atoms with Crippen LogP contribution in [0.15, 0.2) is 73.3 Å². The van der Waals surface area contributed by atoms with Crippen molar-refractivity contribution in [3.05, 3.63) is 95.0 Å². The fraction of sp³-hybridized carbons (Fsp3) is 0.281. The van der Waals surface area contributed by atoms with E-state index in [1.165, 1.54) is 5.56 Å². The molecule has 0 aliphatic heterocycles. The van der Waals surface area contributed by atoms with Gasteiger partial charge in [0.1, 0.15) is 17.4 Å². The first-order valence-electron chi connectivity index (χ1n) is 13.1. The third kappa shape index (κ3) is 7.58. The summed E-state index contributed by atoms with van der Waals surface area (Å²) < 4.78 is 5.48. The maximum Gasteiger partial charge on any atom is 0.225 e. The summed E-state index contributed by atoms with van der Waals surface area (Å²) in [4.78, 5) is 14.6. The Balaban J connectivity index is 1.94. The highest BCUT2D eigenvalue weighted by Crippen LogP contribution is 2.36. The Hall–Kier alpha value is -3.90. The highest BCUT2D eigenvalue weighted by Gasteiger charge is 2.27. The average molecular weight is 545 g/mol. The van der Waals surface area contributed by atoms with E-state index >= 15 is 0 Å². The summed E-state index contributed by atoms with van der Waals surface area (Å²) in [6, 6.07) is 20.7. The molecule has 0 aromatic heterocycles. The molecule has 39 heavy (non-hydrogen) atoms. The van der Waals surface area contributed by atoms with Gasteiger partial charge in [-0.2, -0.15) is 0 Å². The zero-order chi connectivity index (χ0) is 28.5. The van der Waals surface area contributed by atoms with Gasteiger partial charge in [0.15, 0.2) is 0 Å². The molecule has 3 rings (SSSR count). The number of rotatable bonds is 11.